The Morgan fingerprint density at radius 2 is 1.73 bits per heavy atom. The molecule has 2 heterocycles. The summed E-state index contributed by atoms with van der Waals surface area (Å²) in [5.41, 5.74) is 0.456. The maximum Gasteiger partial charge on any atom is 0.253 e. The fourth-order valence-corrected chi connectivity index (χ4v) is 3.73. The van der Waals surface area contributed by atoms with Gasteiger partial charge in [-0.15, -0.1) is 0 Å². The third-order valence-corrected chi connectivity index (χ3v) is 5.25. The Balaban J connectivity index is 1.57. The Hall–Kier alpha value is -1.99. The van der Waals surface area contributed by atoms with E-state index in [-0.39, 0.29) is 30.2 Å². The fraction of sp³-hybridized carbons (Fsp3) is 0.579. The Kier molecular flexibility index (Phi) is 6.21. The molecule has 2 fully saturated rings. The van der Waals surface area contributed by atoms with Gasteiger partial charge >= 0.3 is 0 Å². The van der Waals surface area contributed by atoms with Gasteiger partial charge in [0.2, 0.25) is 5.91 Å². The molecule has 0 spiro atoms. The van der Waals surface area contributed by atoms with Gasteiger partial charge in [-0.3, -0.25) is 14.5 Å². The molecule has 0 radical (unpaired) electrons. The van der Waals surface area contributed by atoms with Crippen molar-refractivity contribution in [3.63, 3.8) is 0 Å². The number of piperazine rings is 1. The SMILES string of the molecule is O=C(c1ccc(F)cc1)N1CCC[C@H](C(=O)N2CCN(CCO)CC2)C1. The normalized spacial score (nSPS) is 21.7. The van der Waals surface area contributed by atoms with Crippen LogP contribution in [0.2, 0.25) is 0 Å². The van der Waals surface area contributed by atoms with Crippen LogP contribution in [-0.2, 0) is 4.79 Å². The first-order valence-corrected chi connectivity index (χ1v) is 9.25. The van der Waals surface area contributed by atoms with Crippen molar-refractivity contribution in [3.05, 3.63) is 35.6 Å². The van der Waals surface area contributed by atoms with Crippen molar-refractivity contribution in [2.75, 3.05) is 52.4 Å². The zero-order valence-corrected chi connectivity index (χ0v) is 14.9. The molecule has 2 aliphatic heterocycles. The number of β-amino-alcohol motifs (C(OH)–C–C–N with tert-alkyl or cyclic N) is 1. The predicted molar refractivity (Wildman–Crippen MR) is 95.1 cm³/mol. The van der Waals surface area contributed by atoms with Gasteiger partial charge in [0.05, 0.1) is 12.5 Å². The van der Waals surface area contributed by atoms with Gasteiger partial charge in [-0.05, 0) is 37.1 Å². The van der Waals surface area contributed by atoms with Crippen LogP contribution in [-0.4, -0.2) is 84.0 Å². The van der Waals surface area contributed by atoms with Gasteiger partial charge < -0.3 is 14.9 Å². The molecule has 7 heteroatoms. The molecule has 6 nitrogen and oxygen atoms in total. The van der Waals surface area contributed by atoms with Crippen molar-refractivity contribution in [1.29, 1.82) is 0 Å². The number of carbonyl (C=O) groups is 2. The van der Waals surface area contributed by atoms with Gasteiger partial charge in [-0.2, -0.15) is 0 Å². The minimum atomic E-state index is -0.367. The highest BCUT2D eigenvalue weighted by molar-refractivity contribution is 5.94. The molecular weight excluding hydrogens is 337 g/mol. The summed E-state index contributed by atoms with van der Waals surface area (Å²) in [5.74, 6) is -0.563. The Bertz CT molecular complexity index is 629. The first kappa shape index (κ1) is 18.8. The lowest BCUT2D eigenvalue weighted by atomic mass is 9.95. The number of benzene rings is 1. The van der Waals surface area contributed by atoms with Crippen LogP contribution in [0.5, 0.6) is 0 Å². The van der Waals surface area contributed by atoms with Gasteiger partial charge in [-0.25, -0.2) is 4.39 Å². The van der Waals surface area contributed by atoms with Crippen molar-refractivity contribution in [3.8, 4) is 0 Å². The minimum absolute atomic E-state index is 0.116. The van der Waals surface area contributed by atoms with Crippen LogP contribution in [0.1, 0.15) is 23.2 Å². The molecule has 0 saturated carbocycles. The van der Waals surface area contributed by atoms with E-state index < -0.39 is 0 Å². The van der Waals surface area contributed by atoms with Crippen LogP contribution in [0.4, 0.5) is 4.39 Å². The zero-order chi connectivity index (χ0) is 18.5. The molecule has 1 N–H and O–H groups in total. The van der Waals surface area contributed by atoms with E-state index in [1.807, 2.05) is 4.90 Å². The molecular formula is C19H26FN3O3. The average molecular weight is 363 g/mol. The number of hydrogen-bond acceptors (Lipinski definition) is 4. The summed E-state index contributed by atoms with van der Waals surface area (Å²) in [6.45, 7) is 4.72. The highest BCUT2D eigenvalue weighted by Crippen LogP contribution is 2.21. The van der Waals surface area contributed by atoms with E-state index in [1.54, 1.807) is 4.90 Å². The van der Waals surface area contributed by atoms with Crippen LogP contribution in [0.15, 0.2) is 24.3 Å². The summed E-state index contributed by atoms with van der Waals surface area (Å²) in [7, 11) is 0. The zero-order valence-electron chi connectivity index (χ0n) is 14.9. The Labute approximate surface area is 153 Å². The number of carbonyl (C=O) groups excluding carboxylic acids is 2. The van der Waals surface area contributed by atoms with Crippen molar-refractivity contribution >= 4 is 11.8 Å². The van der Waals surface area contributed by atoms with E-state index in [9.17, 15) is 14.0 Å². The molecule has 0 bridgehead atoms. The average Bonchev–Trinajstić information content (AvgIpc) is 2.68. The van der Waals surface area contributed by atoms with E-state index in [1.165, 1.54) is 24.3 Å². The second kappa shape index (κ2) is 8.60. The summed E-state index contributed by atoms with van der Waals surface area (Å²) in [5, 5.41) is 9.01. The highest BCUT2D eigenvalue weighted by atomic mass is 19.1. The van der Waals surface area contributed by atoms with E-state index in [4.69, 9.17) is 5.11 Å². The van der Waals surface area contributed by atoms with Crippen LogP contribution in [0.25, 0.3) is 0 Å². The maximum atomic E-state index is 13.0. The van der Waals surface area contributed by atoms with Gasteiger partial charge in [0.25, 0.3) is 5.91 Å². The largest absolute Gasteiger partial charge is 0.395 e. The Morgan fingerprint density at radius 3 is 2.38 bits per heavy atom. The molecule has 0 unspecified atom stereocenters. The van der Waals surface area contributed by atoms with E-state index in [0.717, 1.165) is 25.9 Å². The molecule has 142 valence electrons. The molecule has 1 atom stereocenters. The molecule has 26 heavy (non-hydrogen) atoms. The first-order chi connectivity index (χ1) is 12.6. The number of aliphatic hydroxyl groups excluding tert-OH is 1. The third kappa shape index (κ3) is 4.40. The molecule has 1 aromatic rings. The smallest absolute Gasteiger partial charge is 0.253 e. The number of halogens is 1. The number of amides is 2. The highest BCUT2D eigenvalue weighted by Gasteiger charge is 2.32. The number of hydrogen-bond donors (Lipinski definition) is 1. The molecule has 2 amide bonds. The number of piperidine rings is 1. The van der Waals surface area contributed by atoms with E-state index >= 15 is 0 Å². The third-order valence-electron chi connectivity index (χ3n) is 5.25. The molecule has 0 aromatic heterocycles. The lowest BCUT2D eigenvalue weighted by molar-refractivity contribution is -0.138. The quantitative estimate of drug-likeness (QED) is 0.860. The lowest BCUT2D eigenvalue weighted by Crippen LogP contribution is -2.53. The van der Waals surface area contributed by atoms with Crippen molar-refractivity contribution in [2.24, 2.45) is 5.92 Å². The second-order valence-corrected chi connectivity index (χ2v) is 6.99. The maximum absolute atomic E-state index is 13.0. The van der Waals surface area contributed by atoms with Crippen molar-refractivity contribution in [1.82, 2.24) is 14.7 Å². The van der Waals surface area contributed by atoms with Crippen LogP contribution in [0.3, 0.4) is 0 Å². The van der Waals surface area contributed by atoms with E-state index in [2.05, 4.69) is 4.90 Å². The summed E-state index contributed by atoms with van der Waals surface area (Å²) >= 11 is 0. The Morgan fingerprint density at radius 1 is 1.04 bits per heavy atom. The monoisotopic (exact) mass is 363 g/mol. The molecule has 1 aromatic carbocycles. The molecule has 0 aliphatic carbocycles. The topological polar surface area (TPSA) is 64.1 Å². The summed E-state index contributed by atoms with van der Waals surface area (Å²) in [6, 6.07) is 5.55. The van der Waals surface area contributed by atoms with Crippen molar-refractivity contribution in [2.45, 2.75) is 12.8 Å². The standard InChI is InChI=1S/C19H26FN3O3/c20-17-5-3-15(4-6-17)18(25)23-7-1-2-16(14-23)19(26)22-10-8-21(9-11-22)12-13-24/h3-6,16,24H,1-2,7-14H2/t16-/m0/s1. The van der Waals surface area contributed by atoms with Crippen LogP contribution >= 0.6 is 0 Å². The number of aliphatic hydroxyl groups is 1. The predicted octanol–water partition coefficient (Wildman–Crippen LogP) is 0.814. The summed E-state index contributed by atoms with van der Waals surface area (Å²) in [4.78, 5) is 31.2. The first-order valence-electron chi connectivity index (χ1n) is 9.25. The van der Waals surface area contributed by atoms with Crippen LogP contribution < -0.4 is 0 Å². The second-order valence-electron chi connectivity index (χ2n) is 6.99. The molecule has 2 aliphatic rings. The number of nitrogens with zero attached hydrogens (tertiary/aromatic N) is 3. The number of rotatable bonds is 4. The summed E-state index contributed by atoms with van der Waals surface area (Å²) in [6.07, 6.45) is 1.59. The summed E-state index contributed by atoms with van der Waals surface area (Å²) < 4.78 is 13.0. The lowest BCUT2D eigenvalue weighted by Gasteiger charge is -2.39. The molecule has 3 rings (SSSR count). The van der Waals surface area contributed by atoms with Gasteiger partial charge in [0.1, 0.15) is 5.82 Å². The minimum Gasteiger partial charge on any atom is -0.395 e. The van der Waals surface area contributed by atoms with Gasteiger partial charge in [0.15, 0.2) is 0 Å². The van der Waals surface area contributed by atoms with Gasteiger partial charge in [-0.1, -0.05) is 0 Å². The van der Waals surface area contributed by atoms with Crippen LogP contribution in [0, 0.1) is 11.7 Å². The van der Waals surface area contributed by atoms with Gasteiger partial charge in [0, 0.05) is 51.4 Å². The fourth-order valence-electron chi connectivity index (χ4n) is 3.73. The number of likely N-dealkylation sites (tertiary alicyclic amines) is 1. The van der Waals surface area contributed by atoms with Crippen molar-refractivity contribution < 1.29 is 19.1 Å². The molecule has 2 saturated heterocycles. The van der Waals surface area contributed by atoms with E-state index in [0.29, 0.717) is 38.3 Å².